The second kappa shape index (κ2) is 8.81. The Bertz CT molecular complexity index is 586. The van der Waals surface area contributed by atoms with E-state index in [4.69, 9.17) is 0 Å². The molecule has 9 heteroatoms. The first-order valence-corrected chi connectivity index (χ1v) is 8.17. The summed E-state index contributed by atoms with van der Waals surface area (Å²) in [6, 6.07) is 7.81. The molecule has 22 heavy (non-hydrogen) atoms. The second-order valence-corrected chi connectivity index (χ2v) is 6.71. The van der Waals surface area contributed by atoms with E-state index in [1.165, 1.54) is 16.2 Å². The van der Waals surface area contributed by atoms with E-state index >= 15 is 0 Å². The van der Waals surface area contributed by atoms with Crippen molar-refractivity contribution in [3.05, 3.63) is 49.5 Å². The van der Waals surface area contributed by atoms with Crippen molar-refractivity contribution < 1.29 is 4.92 Å². The molecule has 1 aliphatic rings. The van der Waals surface area contributed by atoms with Crippen LogP contribution in [-0.2, 0) is 0 Å². The summed E-state index contributed by atoms with van der Waals surface area (Å²) in [5, 5.41) is 16.5. The van der Waals surface area contributed by atoms with E-state index in [9.17, 15) is 10.1 Å². The van der Waals surface area contributed by atoms with Gasteiger partial charge in [0.2, 0.25) is 0 Å². The molecule has 2 aromatic rings. The number of thiophene rings is 2. The molecule has 0 bridgehead atoms. The quantitative estimate of drug-likeness (QED) is 0.649. The fraction of sp³-hybridized carbons (Fsp3) is 0.385. The Morgan fingerprint density at radius 2 is 1.91 bits per heavy atom. The van der Waals surface area contributed by atoms with E-state index in [1.807, 2.05) is 12.1 Å². The Balaban J connectivity index is 0.00000121. The predicted octanol–water partition coefficient (Wildman–Crippen LogP) is 3.56. The van der Waals surface area contributed by atoms with Crippen molar-refractivity contribution in [1.29, 1.82) is 0 Å². The van der Waals surface area contributed by atoms with Crippen LogP contribution in [0.3, 0.4) is 0 Å². The molecule has 5 nitrogen and oxygen atoms in total. The number of halogens is 2. The summed E-state index contributed by atoms with van der Waals surface area (Å²) in [5.74, 6) is 0. The lowest BCUT2D eigenvalue weighted by molar-refractivity contribution is -0.380. The van der Waals surface area contributed by atoms with Crippen LogP contribution in [-0.4, -0.2) is 36.0 Å². The van der Waals surface area contributed by atoms with Gasteiger partial charge in [-0.15, -0.1) is 36.2 Å². The zero-order valence-electron chi connectivity index (χ0n) is 11.6. The van der Waals surface area contributed by atoms with Gasteiger partial charge in [-0.05, 0) is 17.5 Å². The van der Waals surface area contributed by atoms with Gasteiger partial charge in [0.25, 0.3) is 0 Å². The summed E-state index contributed by atoms with van der Waals surface area (Å²) < 4.78 is 0. The minimum Gasteiger partial charge on any atom is -0.314 e. The van der Waals surface area contributed by atoms with E-state index in [-0.39, 0.29) is 40.8 Å². The molecule has 3 heterocycles. The van der Waals surface area contributed by atoms with Crippen LogP contribution >= 0.6 is 47.5 Å². The fourth-order valence-corrected chi connectivity index (χ4v) is 4.40. The third kappa shape index (κ3) is 4.18. The fourth-order valence-electron chi connectivity index (χ4n) is 2.47. The lowest BCUT2D eigenvalue weighted by atomic mass is 10.1. The molecule has 0 spiro atoms. The van der Waals surface area contributed by atoms with Crippen molar-refractivity contribution in [3.63, 3.8) is 0 Å². The lowest BCUT2D eigenvalue weighted by Crippen LogP contribution is -2.45. The highest BCUT2D eigenvalue weighted by Gasteiger charge is 2.27. The van der Waals surface area contributed by atoms with E-state index in [0.717, 1.165) is 31.1 Å². The van der Waals surface area contributed by atoms with E-state index in [2.05, 4.69) is 21.7 Å². The van der Waals surface area contributed by atoms with Gasteiger partial charge >= 0.3 is 5.00 Å². The second-order valence-electron chi connectivity index (χ2n) is 4.64. The van der Waals surface area contributed by atoms with Crippen LogP contribution in [0.25, 0.3) is 0 Å². The zero-order valence-corrected chi connectivity index (χ0v) is 14.9. The summed E-state index contributed by atoms with van der Waals surface area (Å²) in [5.41, 5.74) is 0. The molecule has 1 aliphatic heterocycles. The van der Waals surface area contributed by atoms with Crippen LogP contribution in [0.4, 0.5) is 5.00 Å². The number of piperazine rings is 1. The van der Waals surface area contributed by atoms with Gasteiger partial charge in [0.1, 0.15) is 0 Å². The molecule has 122 valence electrons. The summed E-state index contributed by atoms with van der Waals surface area (Å²) in [4.78, 5) is 15.3. The first kappa shape index (κ1) is 19.3. The molecule has 1 saturated heterocycles. The SMILES string of the molecule is Cl.Cl.O=[N+]([O-])c1ccc([C@@H](c2cccs2)N2CCNCC2)s1. The summed E-state index contributed by atoms with van der Waals surface area (Å²) in [6.07, 6.45) is 0. The topological polar surface area (TPSA) is 58.4 Å². The van der Waals surface area contributed by atoms with Crippen molar-refractivity contribution in [2.75, 3.05) is 26.2 Å². The maximum atomic E-state index is 10.9. The minimum atomic E-state index is -0.308. The average molecular weight is 382 g/mol. The first-order valence-electron chi connectivity index (χ1n) is 6.48. The largest absolute Gasteiger partial charge is 0.324 e. The van der Waals surface area contributed by atoms with Crippen molar-refractivity contribution in [2.45, 2.75) is 6.04 Å². The Hall–Kier alpha value is -0.700. The average Bonchev–Trinajstić information content (AvgIpc) is 3.12. The van der Waals surface area contributed by atoms with E-state index < -0.39 is 0 Å². The molecule has 0 amide bonds. The van der Waals surface area contributed by atoms with Crippen molar-refractivity contribution in [3.8, 4) is 0 Å². The number of hydrogen-bond donors (Lipinski definition) is 1. The third-order valence-electron chi connectivity index (χ3n) is 3.39. The minimum absolute atomic E-state index is 0. The zero-order chi connectivity index (χ0) is 13.9. The molecule has 0 unspecified atom stereocenters. The monoisotopic (exact) mass is 381 g/mol. The number of nitrogens with zero attached hydrogens (tertiary/aromatic N) is 2. The molecular weight excluding hydrogens is 365 g/mol. The normalized spacial score (nSPS) is 16.4. The highest BCUT2D eigenvalue weighted by molar-refractivity contribution is 7.15. The molecule has 0 aromatic carbocycles. The summed E-state index contributed by atoms with van der Waals surface area (Å²) >= 11 is 3.00. The molecule has 1 fully saturated rings. The molecule has 0 saturated carbocycles. The molecule has 0 radical (unpaired) electrons. The van der Waals surface area contributed by atoms with E-state index in [1.54, 1.807) is 17.4 Å². The molecule has 0 aliphatic carbocycles. The van der Waals surface area contributed by atoms with Crippen molar-refractivity contribution in [2.24, 2.45) is 0 Å². The van der Waals surface area contributed by atoms with Gasteiger partial charge in [0.15, 0.2) is 0 Å². The number of hydrogen-bond acceptors (Lipinski definition) is 6. The van der Waals surface area contributed by atoms with Gasteiger partial charge in [0.05, 0.1) is 11.0 Å². The standard InChI is InChI=1S/C13H15N3O2S2.2ClH/c17-16(18)12-4-3-11(20-12)13(10-2-1-9-19-10)15-7-5-14-6-8-15;;/h1-4,9,13-14H,5-8H2;2*1H/t13-;;/m1../s1. The van der Waals surface area contributed by atoms with Crippen LogP contribution in [0.2, 0.25) is 0 Å². The smallest absolute Gasteiger partial charge is 0.314 e. The van der Waals surface area contributed by atoms with Crippen LogP contribution in [0.5, 0.6) is 0 Å². The number of nitro groups is 1. The van der Waals surface area contributed by atoms with Crippen LogP contribution < -0.4 is 5.32 Å². The van der Waals surface area contributed by atoms with Crippen LogP contribution in [0, 0.1) is 10.1 Å². The van der Waals surface area contributed by atoms with Gasteiger partial charge in [-0.2, -0.15) is 0 Å². The molecule has 1 N–H and O–H groups in total. The Kier molecular flexibility index (Phi) is 7.75. The first-order chi connectivity index (χ1) is 9.75. The van der Waals surface area contributed by atoms with Gasteiger partial charge in [-0.1, -0.05) is 17.4 Å². The van der Waals surface area contributed by atoms with Gasteiger partial charge in [0, 0.05) is 42.0 Å². The predicted molar refractivity (Wildman–Crippen MR) is 96.1 cm³/mol. The Labute approximate surface area is 149 Å². The van der Waals surface area contributed by atoms with Crippen LogP contribution in [0.1, 0.15) is 15.8 Å². The van der Waals surface area contributed by atoms with Gasteiger partial charge < -0.3 is 5.32 Å². The lowest BCUT2D eigenvalue weighted by Gasteiger charge is -2.33. The molecular formula is C13H17Cl2N3O2S2. The van der Waals surface area contributed by atoms with Gasteiger partial charge in [-0.25, -0.2) is 0 Å². The maximum Gasteiger partial charge on any atom is 0.324 e. The van der Waals surface area contributed by atoms with Gasteiger partial charge in [-0.3, -0.25) is 15.0 Å². The van der Waals surface area contributed by atoms with E-state index in [0.29, 0.717) is 0 Å². The highest BCUT2D eigenvalue weighted by atomic mass is 35.5. The molecule has 1 atom stereocenters. The third-order valence-corrected chi connectivity index (χ3v) is 5.41. The van der Waals surface area contributed by atoms with Crippen LogP contribution in [0.15, 0.2) is 29.6 Å². The number of nitrogens with one attached hydrogen (secondary N) is 1. The maximum absolute atomic E-state index is 10.9. The van der Waals surface area contributed by atoms with Crippen molar-refractivity contribution >= 4 is 52.5 Å². The highest BCUT2D eigenvalue weighted by Crippen LogP contribution is 2.38. The summed E-state index contributed by atoms with van der Waals surface area (Å²) in [6.45, 7) is 3.87. The molecule has 2 aromatic heterocycles. The Morgan fingerprint density at radius 1 is 1.18 bits per heavy atom. The van der Waals surface area contributed by atoms with Crippen molar-refractivity contribution in [1.82, 2.24) is 10.2 Å². The molecule has 3 rings (SSSR count). The Morgan fingerprint density at radius 3 is 2.45 bits per heavy atom. The summed E-state index contributed by atoms with van der Waals surface area (Å²) in [7, 11) is 0. The number of rotatable bonds is 4.